The molecule has 5 N–H and O–H groups in total. The van der Waals surface area contributed by atoms with E-state index in [2.05, 4.69) is 20.7 Å². The first kappa shape index (κ1) is 12.6. The number of hydrogen-bond donors (Lipinski definition) is 4. The van der Waals surface area contributed by atoms with Crippen molar-refractivity contribution in [3.05, 3.63) is 47.3 Å². The lowest BCUT2D eigenvalue weighted by molar-refractivity contribution is 0.102. The molecule has 1 aromatic carbocycles. The van der Waals surface area contributed by atoms with Gasteiger partial charge in [-0.1, -0.05) is 17.3 Å². The molecule has 0 saturated carbocycles. The number of carbonyl (C=O) groups excluding carboxylic acids is 1. The van der Waals surface area contributed by atoms with Gasteiger partial charge in [0.05, 0.1) is 11.8 Å². The zero-order valence-corrected chi connectivity index (χ0v) is 10.2. The molecular weight excluding hydrogens is 246 g/mol. The number of aromatic amines is 1. The second kappa shape index (κ2) is 5.21. The van der Waals surface area contributed by atoms with Crippen LogP contribution in [0.4, 0.5) is 5.69 Å². The van der Waals surface area contributed by atoms with E-state index in [1.807, 2.05) is 6.92 Å². The molecule has 0 bridgehead atoms. The van der Waals surface area contributed by atoms with Crippen LogP contribution in [0.2, 0.25) is 0 Å². The Morgan fingerprint density at radius 1 is 1.47 bits per heavy atom. The van der Waals surface area contributed by atoms with Gasteiger partial charge in [-0.3, -0.25) is 9.89 Å². The first-order chi connectivity index (χ1) is 9.11. The Kier molecular flexibility index (Phi) is 3.46. The number of amidine groups is 1. The molecule has 0 aliphatic rings. The van der Waals surface area contributed by atoms with E-state index in [0.717, 1.165) is 5.56 Å². The summed E-state index contributed by atoms with van der Waals surface area (Å²) in [6.45, 7) is 1.85. The van der Waals surface area contributed by atoms with Crippen molar-refractivity contribution in [3.8, 4) is 0 Å². The zero-order chi connectivity index (χ0) is 13.8. The molecule has 0 aliphatic carbocycles. The van der Waals surface area contributed by atoms with Crippen molar-refractivity contribution in [2.45, 2.75) is 6.92 Å². The van der Waals surface area contributed by atoms with Crippen LogP contribution in [-0.2, 0) is 0 Å². The minimum Gasteiger partial charge on any atom is -0.409 e. The van der Waals surface area contributed by atoms with E-state index in [1.54, 1.807) is 18.2 Å². The van der Waals surface area contributed by atoms with Gasteiger partial charge in [-0.2, -0.15) is 5.10 Å². The first-order valence-electron chi connectivity index (χ1n) is 5.50. The summed E-state index contributed by atoms with van der Waals surface area (Å²) in [6.07, 6.45) is 2.93. The summed E-state index contributed by atoms with van der Waals surface area (Å²) >= 11 is 0. The Balaban J connectivity index is 2.27. The third kappa shape index (κ3) is 2.71. The third-order valence-electron chi connectivity index (χ3n) is 2.65. The van der Waals surface area contributed by atoms with Crippen molar-refractivity contribution in [1.82, 2.24) is 10.2 Å². The summed E-state index contributed by atoms with van der Waals surface area (Å²) in [6, 6.07) is 5.12. The number of aromatic nitrogens is 2. The van der Waals surface area contributed by atoms with Gasteiger partial charge in [0.15, 0.2) is 5.84 Å². The van der Waals surface area contributed by atoms with Gasteiger partial charge in [0.1, 0.15) is 0 Å². The quantitative estimate of drug-likeness (QED) is 0.285. The van der Waals surface area contributed by atoms with Crippen LogP contribution in [0.15, 0.2) is 35.7 Å². The number of oxime groups is 1. The topological polar surface area (TPSA) is 116 Å². The van der Waals surface area contributed by atoms with E-state index in [9.17, 15) is 4.79 Å². The summed E-state index contributed by atoms with van der Waals surface area (Å²) in [5.41, 5.74) is 7.92. The van der Waals surface area contributed by atoms with Crippen LogP contribution >= 0.6 is 0 Å². The van der Waals surface area contributed by atoms with Gasteiger partial charge >= 0.3 is 0 Å². The molecule has 0 atom stereocenters. The van der Waals surface area contributed by atoms with E-state index in [4.69, 9.17) is 10.9 Å². The molecule has 2 aromatic rings. The lowest BCUT2D eigenvalue weighted by atomic mass is 10.1. The molecule has 0 unspecified atom stereocenters. The molecule has 1 amide bonds. The van der Waals surface area contributed by atoms with Crippen LogP contribution in [0.25, 0.3) is 0 Å². The van der Waals surface area contributed by atoms with Gasteiger partial charge in [-0.15, -0.1) is 0 Å². The Labute approximate surface area is 109 Å². The molecule has 19 heavy (non-hydrogen) atoms. The smallest absolute Gasteiger partial charge is 0.258 e. The highest BCUT2D eigenvalue weighted by molar-refractivity contribution is 6.05. The maximum absolute atomic E-state index is 11.9. The second-order valence-corrected chi connectivity index (χ2v) is 3.96. The number of H-pyrrole nitrogens is 1. The van der Waals surface area contributed by atoms with Crippen molar-refractivity contribution in [3.63, 3.8) is 0 Å². The molecule has 7 nitrogen and oxygen atoms in total. The normalized spacial score (nSPS) is 11.3. The average molecular weight is 259 g/mol. The molecule has 1 aromatic heterocycles. The Morgan fingerprint density at radius 2 is 2.26 bits per heavy atom. The number of nitrogens with two attached hydrogens (primary N) is 1. The standard InChI is InChI=1S/C12H13N5O2/c1-7-2-3-8(11(13)17-19)4-10(7)16-12(18)9-5-14-15-6-9/h2-6,19H,1H3,(H2,13,17)(H,14,15)(H,16,18). The summed E-state index contributed by atoms with van der Waals surface area (Å²) in [5.74, 6) is -0.299. The number of rotatable bonds is 3. The molecule has 7 heteroatoms. The Hall–Kier alpha value is -2.83. The second-order valence-electron chi connectivity index (χ2n) is 3.96. The summed E-state index contributed by atoms with van der Waals surface area (Å²) in [4.78, 5) is 11.9. The average Bonchev–Trinajstić information content (AvgIpc) is 2.94. The van der Waals surface area contributed by atoms with E-state index in [1.165, 1.54) is 12.4 Å². The van der Waals surface area contributed by atoms with Gasteiger partial charge in [0.2, 0.25) is 0 Å². The number of aryl methyl sites for hydroxylation is 1. The van der Waals surface area contributed by atoms with Gasteiger partial charge in [0.25, 0.3) is 5.91 Å². The summed E-state index contributed by atoms with van der Waals surface area (Å²) in [5, 5.41) is 20.6. The minimum absolute atomic E-state index is 0.0150. The summed E-state index contributed by atoms with van der Waals surface area (Å²) < 4.78 is 0. The fraction of sp³-hybridized carbons (Fsp3) is 0.0833. The lowest BCUT2D eigenvalue weighted by Gasteiger charge is -2.09. The Morgan fingerprint density at radius 3 is 2.89 bits per heavy atom. The third-order valence-corrected chi connectivity index (χ3v) is 2.65. The van der Waals surface area contributed by atoms with Crippen LogP contribution in [0.5, 0.6) is 0 Å². The molecule has 1 heterocycles. The van der Waals surface area contributed by atoms with Crippen molar-refractivity contribution < 1.29 is 10.0 Å². The molecule has 0 spiro atoms. The zero-order valence-electron chi connectivity index (χ0n) is 10.2. The molecular formula is C12H13N5O2. The number of hydrogen-bond acceptors (Lipinski definition) is 4. The van der Waals surface area contributed by atoms with Gasteiger partial charge in [0, 0.05) is 17.4 Å². The predicted octanol–water partition coefficient (Wildman–Crippen LogP) is 1.06. The van der Waals surface area contributed by atoms with Gasteiger partial charge < -0.3 is 16.3 Å². The first-order valence-corrected chi connectivity index (χ1v) is 5.50. The van der Waals surface area contributed by atoms with E-state index >= 15 is 0 Å². The minimum atomic E-state index is -0.284. The SMILES string of the molecule is Cc1ccc(C(N)=NO)cc1NC(=O)c1cn[nH]c1. The van der Waals surface area contributed by atoms with Crippen molar-refractivity contribution >= 4 is 17.4 Å². The van der Waals surface area contributed by atoms with Crippen LogP contribution in [0.3, 0.4) is 0 Å². The van der Waals surface area contributed by atoms with Crippen LogP contribution in [0.1, 0.15) is 21.5 Å². The fourth-order valence-electron chi connectivity index (χ4n) is 1.54. The molecule has 0 aliphatic heterocycles. The predicted molar refractivity (Wildman–Crippen MR) is 70.2 cm³/mol. The number of amides is 1. The molecule has 2 rings (SSSR count). The van der Waals surface area contributed by atoms with Crippen molar-refractivity contribution in [1.29, 1.82) is 0 Å². The van der Waals surface area contributed by atoms with Gasteiger partial charge in [-0.25, -0.2) is 0 Å². The van der Waals surface area contributed by atoms with E-state index < -0.39 is 0 Å². The molecule has 0 fully saturated rings. The monoisotopic (exact) mass is 259 g/mol. The lowest BCUT2D eigenvalue weighted by Crippen LogP contribution is -2.16. The Bertz CT molecular complexity index is 619. The van der Waals surface area contributed by atoms with Crippen LogP contribution in [-0.4, -0.2) is 27.1 Å². The maximum Gasteiger partial charge on any atom is 0.258 e. The number of benzene rings is 1. The molecule has 0 radical (unpaired) electrons. The van der Waals surface area contributed by atoms with E-state index in [-0.39, 0.29) is 11.7 Å². The summed E-state index contributed by atoms with van der Waals surface area (Å²) in [7, 11) is 0. The molecule has 0 saturated heterocycles. The largest absolute Gasteiger partial charge is 0.409 e. The highest BCUT2D eigenvalue weighted by Gasteiger charge is 2.10. The van der Waals surface area contributed by atoms with Crippen molar-refractivity contribution in [2.75, 3.05) is 5.32 Å². The maximum atomic E-state index is 11.9. The number of nitrogens with one attached hydrogen (secondary N) is 2. The highest BCUT2D eigenvalue weighted by atomic mass is 16.4. The van der Waals surface area contributed by atoms with Gasteiger partial charge in [-0.05, 0) is 18.6 Å². The molecule has 98 valence electrons. The fourth-order valence-corrected chi connectivity index (χ4v) is 1.54. The highest BCUT2D eigenvalue weighted by Crippen LogP contribution is 2.17. The number of anilines is 1. The number of carbonyl (C=O) groups is 1. The van der Waals surface area contributed by atoms with Crippen LogP contribution in [0, 0.1) is 6.92 Å². The van der Waals surface area contributed by atoms with Crippen molar-refractivity contribution in [2.24, 2.45) is 10.9 Å². The van der Waals surface area contributed by atoms with E-state index in [0.29, 0.717) is 16.8 Å². The van der Waals surface area contributed by atoms with Crippen LogP contribution < -0.4 is 11.1 Å². The number of nitrogens with zero attached hydrogens (tertiary/aromatic N) is 2.